The van der Waals surface area contributed by atoms with Gasteiger partial charge in [0.05, 0.1) is 16.6 Å². The first-order valence-electron chi connectivity index (χ1n) is 8.26. The number of nitriles is 1. The number of piperazine rings is 1. The molecule has 0 spiro atoms. The van der Waals surface area contributed by atoms with E-state index in [2.05, 4.69) is 43.0 Å². The van der Waals surface area contributed by atoms with E-state index in [-0.39, 0.29) is 10.6 Å². The van der Waals surface area contributed by atoms with Gasteiger partial charge in [-0.2, -0.15) is 5.26 Å². The Bertz CT molecular complexity index is 849. The molecular weight excluding hydrogens is 316 g/mol. The maximum atomic E-state index is 11.3. The van der Waals surface area contributed by atoms with Crippen LogP contribution in [0.3, 0.4) is 0 Å². The molecule has 6 heteroatoms. The third kappa shape index (κ3) is 3.26. The third-order valence-corrected chi connectivity index (χ3v) is 4.84. The zero-order chi connectivity index (χ0) is 18.0. The Morgan fingerprint density at radius 1 is 1.04 bits per heavy atom. The van der Waals surface area contributed by atoms with Gasteiger partial charge >= 0.3 is 0 Å². The summed E-state index contributed by atoms with van der Waals surface area (Å²) >= 11 is 0. The zero-order valence-electron chi connectivity index (χ0n) is 14.4. The van der Waals surface area contributed by atoms with Gasteiger partial charge in [-0.15, -0.1) is 0 Å². The molecule has 2 aromatic carbocycles. The van der Waals surface area contributed by atoms with Crippen molar-refractivity contribution in [2.45, 2.75) is 13.8 Å². The van der Waals surface area contributed by atoms with Crippen molar-refractivity contribution in [3.63, 3.8) is 0 Å². The number of hydrogen-bond donors (Lipinski definition) is 0. The van der Waals surface area contributed by atoms with Crippen molar-refractivity contribution in [2.75, 3.05) is 36.0 Å². The molecular formula is C19H20N4O2. The Morgan fingerprint density at radius 2 is 1.68 bits per heavy atom. The van der Waals surface area contributed by atoms with Gasteiger partial charge in [-0.05, 0) is 43.2 Å². The molecule has 0 saturated carbocycles. The molecule has 1 fully saturated rings. The lowest BCUT2D eigenvalue weighted by Crippen LogP contribution is -2.47. The average Bonchev–Trinajstić information content (AvgIpc) is 2.63. The van der Waals surface area contributed by atoms with Gasteiger partial charge in [0.1, 0.15) is 5.69 Å². The number of nitro benzene ring substituents is 1. The van der Waals surface area contributed by atoms with Crippen molar-refractivity contribution in [3.8, 4) is 6.07 Å². The normalized spacial score (nSPS) is 14.3. The monoisotopic (exact) mass is 336 g/mol. The standard InChI is InChI=1S/C19H20N4O2/c1-14-4-3-5-17(15(14)2)21-8-10-22(11-9-21)19-12-16(13-20)6-7-18(19)23(24)25/h3-7,12H,8-11H2,1-2H3. The number of benzene rings is 2. The molecule has 1 heterocycles. The van der Waals surface area contributed by atoms with Crippen LogP contribution in [0, 0.1) is 35.3 Å². The Morgan fingerprint density at radius 3 is 2.28 bits per heavy atom. The Labute approximate surface area is 147 Å². The van der Waals surface area contributed by atoms with E-state index in [0.717, 1.165) is 13.1 Å². The van der Waals surface area contributed by atoms with E-state index in [0.29, 0.717) is 24.3 Å². The van der Waals surface area contributed by atoms with Crippen molar-refractivity contribution in [1.82, 2.24) is 0 Å². The first kappa shape index (κ1) is 16.8. The molecule has 0 aromatic heterocycles. The van der Waals surface area contributed by atoms with Crippen molar-refractivity contribution in [3.05, 3.63) is 63.2 Å². The molecule has 1 saturated heterocycles. The van der Waals surface area contributed by atoms with Crippen LogP contribution in [0.2, 0.25) is 0 Å². The van der Waals surface area contributed by atoms with Crippen LogP contribution >= 0.6 is 0 Å². The van der Waals surface area contributed by atoms with E-state index in [1.165, 1.54) is 28.9 Å². The summed E-state index contributed by atoms with van der Waals surface area (Å²) in [4.78, 5) is 15.3. The summed E-state index contributed by atoms with van der Waals surface area (Å²) in [7, 11) is 0. The highest BCUT2D eigenvalue weighted by molar-refractivity contribution is 5.67. The molecule has 0 N–H and O–H groups in total. The van der Waals surface area contributed by atoms with Crippen molar-refractivity contribution < 1.29 is 4.92 Å². The first-order chi connectivity index (χ1) is 12.0. The van der Waals surface area contributed by atoms with E-state index in [1.54, 1.807) is 6.07 Å². The number of rotatable bonds is 3. The van der Waals surface area contributed by atoms with Gasteiger partial charge < -0.3 is 9.80 Å². The smallest absolute Gasteiger partial charge is 0.292 e. The molecule has 128 valence electrons. The lowest BCUT2D eigenvalue weighted by atomic mass is 10.1. The first-order valence-corrected chi connectivity index (χ1v) is 8.26. The van der Waals surface area contributed by atoms with Gasteiger partial charge in [-0.25, -0.2) is 0 Å². The van der Waals surface area contributed by atoms with Crippen LogP contribution in [0.1, 0.15) is 16.7 Å². The predicted molar refractivity (Wildman–Crippen MR) is 98.2 cm³/mol. The second-order valence-electron chi connectivity index (χ2n) is 6.27. The second kappa shape index (κ2) is 6.81. The number of anilines is 2. The van der Waals surface area contributed by atoms with Crippen molar-refractivity contribution in [2.24, 2.45) is 0 Å². The maximum Gasteiger partial charge on any atom is 0.292 e. The lowest BCUT2D eigenvalue weighted by Gasteiger charge is -2.38. The number of nitrogens with zero attached hydrogens (tertiary/aromatic N) is 4. The van der Waals surface area contributed by atoms with Gasteiger partial charge in [0.25, 0.3) is 5.69 Å². The Kier molecular flexibility index (Phi) is 4.57. The zero-order valence-corrected chi connectivity index (χ0v) is 14.4. The summed E-state index contributed by atoms with van der Waals surface area (Å²) in [6.07, 6.45) is 0. The molecule has 0 bridgehead atoms. The molecule has 3 rings (SSSR count). The highest BCUT2D eigenvalue weighted by Gasteiger charge is 2.24. The summed E-state index contributed by atoms with van der Waals surface area (Å²) in [5, 5.41) is 20.4. The largest absolute Gasteiger partial charge is 0.368 e. The molecule has 0 unspecified atom stereocenters. The molecule has 0 atom stereocenters. The topological polar surface area (TPSA) is 73.4 Å². The lowest BCUT2D eigenvalue weighted by molar-refractivity contribution is -0.384. The van der Waals surface area contributed by atoms with E-state index in [4.69, 9.17) is 5.26 Å². The van der Waals surface area contributed by atoms with Gasteiger partial charge in [0.15, 0.2) is 0 Å². The van der Waals surface area contributed by atoms with Gasteiger partial charge in [0.2, 0.25) is 0 Å². The molecule has 25 heavy (non-hydrogen) atoms. The van der Waals surface area contributed by atoms with Crippen LogP contribution < -0.4 is 9.80 Å². The van der Waals surface area contributed by atoms with E-state index in [1.807, 2.05) is 4.90 Å². The molecule has 0 amide bonds. The van der Waals surface area contributed by atoms with Gasteiger partial charge in [-0.1, -0.05) is 12.1 Å². The molecule has 1 aliphatic rings. The highest BCUT2D eigenvalue weighted by atomic mass is 16.6. The van der Waals surface area contributed by atoms with Crippen LogP contribution in [0.5, 0.6) is 0 Å². The number of nitro groups is 1. The fraction of sp³-hybridized carbons (Fsp3) is 0.316. The summed E-state index contributed by atoms with van der Waals surface area (Å²) in [6.45, 7) is 7.17. The quantitative estimate of drug-likeness (QED) is 0.634. The van der Waals surface area contributed by atoms with Crippen molar-refractivity contribution >= 4 is 17.1 Å². The second-order valence-corrected chi connectivity index (χ2v) is 6.27. The molecule has 2 aromatic rings. The molecule has 1 aliphatic heterocycles. The summed E-state index contributed by atoms with van der Waals surface area (Å²) in [5.74, 6) is 0. The SMILES string of the molecule is Cc1cccc(N2CCN(c3cc(C#N)ccc3[N+](=O)[O-])CC2)c1C. The maximum absolute atomic E-state index is 11.3. The fourth-order valence-corrected chi connectivity index (χ4v) is 3.27. The fourth-order valence-electron chi connectivity index (χ4n) is 3.27. The summed E-state index contributed by atoms with van der Waals surface area (Å²) < 4.78 is 0. The Balaban J connectivity index is 1.82. The highest BCUT2D eigenvalue weighted by Crippen LogP contribution is 2.31. The summed E-state index contributed by atoms with van der Waals surface area (Å²) in [5.41, 5.74) is 4.78. The summed E-state index contributed by atoms with van der Waals surface area (Å²) in [6, 6.07) is 12.9. The minimum atomic E-state index is -0.381. The van der Waals surface area contributed by atoms with Crippen LogP contribution in [-0.2, 0) is 0 Å². The number of hydrogen-bond acceptors (Lipinski definition) is 5. The number of aryl methyl sites for hydroxylation is 1. The average molecular weight is 336 g/mol. The predicted octanol–water partition coefficient (Wildman–Crippen LogP) is 3.41. The van der Waals surface area contributed by atoms with Crippen LogP contribution in [0.4, 0.5) is 17.1 Å². The van der Waals surface area contributed by atoms with E-state index < -0.39 is 0 Å². The minimum Gasteiger partial charge on any atom is -0.368 e. The molecule has 0 radical (unpaired) electrons. The third-order valence-electron chi connectivity index (χ3n) is 4.84. The van der Waals surface area contributed by atoms with Crippen LogP contribution in [-0.4, -0.2) is 31.1 Å². The molecule has 0 aliphatic carbocycles. The van der Waals surface area contributed by atoms with E-state index in [9.17, 15) is 10.1 Å². The van der Waals surface area contributed by atoms with Crippen LogP contribution in [0.25, 0.3) is 0 Å². The van der Waals surface area contributed by atoms with Gasteiger partial charge in [-0.3, -0.25) is 10.1 Å². The minimum absolute atomic E-state index is 0.0548. The Hall–Kier alpha value is -3.07. The molecule has 6 nitrogen and oxygen atoms in total. The van der Waals surface area contributed by atoms with Crippen molar-refractivity contribution in [1.29, 1.82) is 5.26 Å². The van der Waals surface area contributed by atoms with E-state index >= 15 is 0 Å². The van der Waals surface area contributed by atoms with Crippen LogP contribution in [0.15, 0.2) is 36.4 Å². The van der Waals surface area contributed by atoms with Gasteiger partial charge in [0, 0.05) is 37.9 Å².